The van der Waals surface area contributed by atoms with Gasteiger partial charge in [0.25, 0.3) is 0 Å². The molecule has 0 fully saturated rings. The maximum absolute atomic E-state index is 12.1. The minimum Gasteiger partial charge on any atom is -0.392 e. The summed E-state index contributed by atoms with van der Waals surface area (Å²) in [7, 11) is 0. The van der Waals surface area contributed by atoms with Crippen molar-refractivity contribution in [3.63, 3.8) is 0 Å². The Kier molecular flexibility index (Phi) is 4.91. The number of thiocarbonyl (C=S) groups is 1. The average Bonchev–Trinajstić information content (AvgIpc) is 2.44. The van der Waals surface area contributed by atoms with Crippen LogP contribution in [0.3, 0.4) is 0 Å². The molecule has 0 saturated carbocycles. The van der Waals surface area contributed by atoms with Crippen LogP contribution in [-0.4, -0.2) is 16.9 Å². The van der Waals surface area contributed by atoms with Crippen LogP contribution in [0.25, 0.3) is 10.8 Å². The highest BCUT2D eigenvalue weighted by Gasteiger charge is 2.18. The zero-order valence-corrected chi connectivity index (χ0v) is 13.1. The van der Waals surface area contributed by atoms with Crippen molar-refractivity contribution in [3.8, 4) is 0 Å². The number of benzene rings is 2. The van der Waals surface area contributed by atoms with E-state index in [-0.39, 0.29) is 17.9 Å². The Labute approximate surface area is 130 Å². The minimum atomic E-state index is -0.257. The molecule has 0 aliphatic heterocycles. The van der Waals surface area contributed by atoms with E-state index in [0.29, 0.717) is 11.4 Å². The van der Waals surface area contributed by atoms with Gasteiger partial charge < -0.3 is 11.1 Å². The van der Waals surface area contributed by atoms with Crippen LogP contribution in [-0.2, 0) is 11.2 Å². The fourth-order valence-corrected chi connectivity index (χ4v) is 2.66. The van der Waals surface area contributed by atoms with Gasteiger partial charge in [0.15, 0.2) is 0 Å². The first-order chi connectivity index (χ1) is 9.97. The average molecular weight is 300 g/mol. The Balaban J connectivity index is 2.08. The molecule has 4 heteroatoms. The van der Waals surface area contributed by atoms with Crippen LogP contribution in [0.1, 0.15) is 19.4 Å². The molecule has 0 bridgehead atoms. The van der Waals surface area contributed by atoms with Crippen LogP contribution in [0.5, 0.6) is 0 Å². The molecular formula is C17H20N2OS. The van der Waals surface area contributed by atoms with Crippen LogP contribution in [0.2, 0.25) is 0 Å². The molecule has 2 rings (SSSR count). The van der Waals surface area contributed by atoms with Gasteiger partial charge in [-0.2, -0.15) is 0 Å². The second-order valence-corrected chi connectivity index (χ2v) is 6.02. The van der Waals surface area contributed by atoms with E-state index in [1.807, 2.05) is 50.2 Å². The third kappa shape index (κ3) is 4.02. The monoisotopic (exact) mass is 300 g/mol. The van der Waals surface area contributed by atoms with Gasteiger partial charge in [-0.05, 0) is 22.3 Å². The molecule has 1 amide bonds. The number of rotatable bonds is 5. The van der Waals surface area contributed by atoms with Crippen LogP contribution in [0.15, 0.2) is 42.5 Å². The molecule has 0 spiro atoms. The lowest BCUT2D eigenvalue weighted by Gasteiger charge is -2.21. The predicted octanol–water partition coefficient (Wildman–Crippen LogP) is 2.81. The van der Waals surface area contributed by atoms with Gasteiger partial charge in [-0.3, -0.25) is 4.79 Å². The number of hydrogen-bond acceptors (Lipinski definition) is 2. The second kappa shape index (κ2) is 6.68. The quantitative estimate of drug-likeness (QED) is 0.835. The number of carbonyl (C=O) groups excluding carboxylic acids is 1. The van der Waals surface area contributed by atoms with E-state index in [1.54, 1.807) is 0 Å². The number of nitrogens with two attached hydrogens (primary N) is 1. The Morgan fingerprint density at radius 1 is 1.19 bits per heavy atom. The smallest absolute Gasteiger partial charge is 0.224 e. The first kappa shape index (κ1) is 15.4. The lowest BCUT2D eigenvalue weighted by atomic mass is 10.0. The van der Waals surface area contributed by atoms with Crippen molar-refractivity contribution in [2.45, 2.75) is 26.3 Å². The summed E-state index contributed by atoms with van der Waals surface area (Å²) in [6, 6.07) is 13.9. The van der Waals surface area contributed by atoms with E-state index < -0.39 is 0 Å². The Morgan fingerprint density at radius 3 is 2.48 bits per heavy atom. The normalized spacial score (nSPS) is 12.3. The van der Waals surface area contributed by atoms with Crippen molar-refractivity contribution in [3.05, 3.63) is 48.0 Å². The molecule has 0 saturated heterocycles. The standard InChI is InChI=1S/C17H20N2OS/c1-11(2)16(17(18)21)19-15(20)10-12-7-8-13-5-3-4-6-14(13)9-12/h3-9,11,16H,10H2,1-2H3,(H2,18,21)(H,19,20). The summed E-state index contributed by atoms with van der Waals surface area (Å²) in [5.41, 5.74) is 6.65. The number of amides is 1. The summed E-state index contributed by atoms with van der Waals surface area (Å²) >= 11 is 5.00. The zero-order chi connectivity index (χ0) is 15.4. The fraction of sp³-hybridized carbons (Fsp3) is 0.294. The Morgan fingerprint density at radius 2 is 1.86 bits per heavy atom. The van der Waals surface area contributed by atoms with Crippen molar-refractivity contribution < 1.29 is 4.79 Å². The summed E-state index contributed by atoms with van der Waals surface area (Å²) in [5, 5.41) is 5.22. The molecule has 3 nitrogen and oxygen atoms in total. The summed E-state index contributed by atoms with van der Waals surface area (Å²) in [4.78, 5) is 12.5. The van der Waals surface area contributed by atoms with Gasteiger partial charge in [0.2, 0.25) is 5.91 Å². The SMILES string of the molecule is CC(C)C(NC(=O)Cc1ccc2ccccc2c1)C(N)=S. The molecular weight excluding hydrogens is 280 g/mol. The zero-order valence-electron chi connectivity index (χ0n) is 12.3. The van der Waals surface area contributed by atoms with Gasteiger partial charge in [0, 0.05) is 0 Å². The van der Waals surface area contributed by atoms with Crippen LogP contribution in [0.4, 0.5) is 0 Å². The summed E-state index contributed by atoms with van der Waals surface area (Å²) in [5.74, 6) is 0.125. The third-order valence-electron chi connectivity index (χ3n) is 3.47. The third-order valence-corrected chi connectivity index (χ3v) is 3.72. The van der Waals surface area contributed by atoms with E-state index >= 15 is 0 Å². The summed E-state index contributed by atoms with van der Waals surface area (Å²) in [6.45, 7) is 3.97. The van der Waals surface area contributed by atoms with Crippen LogP contribution >= 0.6 is 12.2 Å². The molecule has 2 aromatic carbocycles. The maximum Gasteiger partial charge on any atom is 0.224 e. The topological polar surface area (TPSA) is 55.1 Å². The van der Waals surface area contributed by atoms with E-state index in [4.69, 9.17) is 18.0 Å². The van der Waals surface area contributed by atoms with Gasteiger partial charge in [-0.15, -0.1) is 0 Å². The molecule has 21 heavy (non-hydrogen) atoms. The highest BCUT2D eigenvalue weighted by atomic mass is 32.1. The fourth-order valence-electron chi connectivity index (χ4n) is 2.32. The number of carbonyl (C=O) groups is 1. The van der Waals surface area contributed by atoms with Gasteiger partial charge >= 0.3 is 0 Å². The lowest BCUT2D eigenvalue weighted by molar-refractivity contribution is -0.120. The van der Waals surface area contributed by atoms with Crippen molar-refractivity contribution in [1.82, 2.24) is 5.32 Å². The Bertz CT molecular complexity index is 667. The van der Waals surface area contributed by atoms with E-state index in [2.05, 4.69) is 11.4 Å². The first-order valence-corrected chi connectivity index (χ1v) is 7.44. The second-order valence-electron chi connectivity index (χ2n) is 5.55. The lowest BCUT2D eigenvalue weighted by Crippen LogP contribution is -2.47. The predicted molar refractivity (Wildman–Crippen MR) is 91.2 cm³/mol. The molecule has 1 unspecified atom stereocenters. The Hall–Kier alpha value is -1.94. The number of nitrogens with one attached hydrogen (secondary N) is 1. The molecule has 1 atom stereocenters. The highest BCUT2D eigenvalue weighted by Crippen LogP contribution is 2.16. The largest absolute Gasteiger partial charge is 0.392 e. The minimum absolute atomic E-state index is 0.0585. The molecule has 0 radical (unpaired) electrons. The molecule has 0 heterocycles. The van der Waals surface area contributed by atoms with Crippen molar-refractivity contribution in [1.29, 1.82) is 0 Å². The van der Waals surface area contributed by atoms with Crippen molar-refractivity contribution in [2.24, 2.45) is 11.7 Å². The summed E-state index contributed by atoms with van der Waals surface area (Å²) in [6.07, 6.45) is 0.330. The van der Waals surface area contributed by atoms with Gasteiger partial charge in [0.1, 0.15) is 0 Å². The molecule has 0 aliphatic rings. The van der Waals surface area contributed by atoms with Crippen molar-refractivity contribution >= 4 is 33.9 Å². The van der Waals surface area contributed by atoms with E-state index in [9.17, 15) is 4.79 Å². The molecule has 0 aliphatic carbocycles. The van der Waals surface area contributed by atoms with Crippen LogP contribution in [0, 0.1) is 5.92 Å². The van der Waals surface area contributed by atoms with Crippen LogP contribution < -0.4 is 11.1 Å². The van der Waals surface area contributed by atoms with E-state index in [1.165, 1.54) is 5.39 Å². The summed E-state index contributed by atoms with van der Waals surface area (Å²) < 4.78 is 0. The number of fused-ring (bicyclic) bond motifs is 1. The molecule has 3 N–H and O–H groups in total. The highest BCUT2D eigenvalue weighted by molar-refractivity contribution is 7.80. The van der Waals surface area contributed by atoms with Gasteiger partial charge in [0.05, 0.1) is 17.5 Å². The van der Waals surface area contributed by atoms with Crippen molar-refractivity contribution in [2.75, 3.05) is 0 Å². The van der Waals surface area contributed by atoms with E-state index in [0.717, 1.165) is 10.9 Å². The van der Waals surface area contributed by atoms with Gasteiger partial charge in [-0.25, -0.2) is 0 Å². The molecule has 0 aromatic heterocycles. The van der Waals surface area contributed by atoms with Gasteiger partial charge in [-0.1, -0.05) is 68.5 Å². The first-order valence-electron chi connectivity index (χ1n) is 7.03. The maximum atomic E-state index is 12.1. The molecule has 110 valence electrons. The molecule has 2 aromatic rings. The number of hydrogen-bond donors (Lipinski definition) is 2.